The van der Waals surface area contributed by atoms with E-state index in [9.17, 15) is 4.79 Å². The van der Waals surface area contributed by atoms with Crippen LogP contribution >= 0.6 is 0 Å². The molecule has 2 aromatic carbocycles. The molecule has 0 saturated heterocycles. The van der Waals surface area contributed by atoms with E-state index in [2.05, 4.69) is 5.32 Å². The summed E-state index contributed by atoms with van der Waals surface area (Å²) >= 11 is 0. The summed E-state index contributed by atoms with van der Waals surface area (Å²) < 4.78 is 10.6. The molecule has 2 aromatic rings. The van der Waals surface area contributed by atoms with Crippen LogP contribution in [-0.4, -0.2) is 26.2 Å². The van der Waals surface area contributed by atoms with Crippen molar-refractivity contribution in [2.24, 2.45) is 0 Å². The molecule has 0 saturated carbocycles. The highest BCUT2D eigenvalue weighted by Gasteiger charge is 2.17. The molecule has 0 aromatic heterocycles. The molecule has 1 atom stereocenters. The Bertz CT molecular complexity index is 598. The van der Waals surface area contributed by atoms with E-state index in [1.165, 1.54) is 7.11 Å². The number of hydrogen-bond donors (Lipinski definition) is 1. The lowest BCUT2D eigenvalue weighted by molar-refractivity contribution is -0.142. The molecule has 4 nitrogen and oxygen atoms in total. The van der Waals surface area contributed by atoms with Crippen molar-refractivity contribution in [1.29, 1.82) is 0 Å². The van der Waals surface area contributed by atoms with Gasteiger partial charge in [-0.05, 0) is 36.7 Å². The summed E-state index contributed by atoms with van der Waals surface area (Å²) in [6, 6.07) is 17.4. The second-order valence-corrected chi connectivity index (χ2v) is 4.99. The first kappa shape index (κ1) is 16.0. The number of rotatable bonds is 7. The lowest BCUT2D eigenvalue weighted by atomic mass is 10.1. The Morgan fingerprint density at radius 1 is 1.09 bits per heavy atom. The molecule has 1 N–H and O–H groups in total. The van der Waals surface area contributed by atoms with Crippen molar-refractivity contribution in [3.05, 3.63) is 65.7 Å². The highest BCUT2D eigenvalue weighted by atomic mass is 16.5. The van der Waals surface area contributed by atoms with Crippen LogP contribution in [0.5, 0.6) is 5.75 Å². The predicted molar refractivity (Wildman–Crippen MR) is 85.8 cm³/mol. The molecule has 116 valence electrons. The van der Waals surface area contributed by atoms with Gasteiger partial charge in [-0.2, -0.15) is 0 Å². The zero-order valence-corrected chi connectivity index (χ0v) is 12.9. The summed E-state index contributed by atoms with van der Waals surface area (Å²) in [5.41, 5.74) is 2.14. The number of hydrogen-bond acceptors (Lipinski definition) is 4. The van der Waals surface area contributed by atoms with Crippen molar-refractivity contribution >= 4 is 5.97 Å². The lowest BCUT2D eigenvalue weighted by Gasteiger charge is -2.14. The fraction of sp³-hybridized carbons (Fsp3) is 0.278. The highest BCUT2D eigenvalue weighted by molar-refractivity contribution is 5.76. The largest absolute Gasteiger partial charge is 0.489 e. The number of esters is 1. The Kier molecular flexibility index (Phi) is 5.98. The maximum atomic E-state index is 11.6. The summed E-state index contributed by atoms with van der Waals surface area (Å²) in [5, 5.41) is 2.96. The van der Waals surface area contributed by atoms with Crippen molar-refractivity contribution in [2.75, 3.05) is 14.2 Å². The maximum Gasteiger partial charge on any atom is 0.323 e. The molecule has 0 amide bonds. The third-order valence-corrected chi connectivity index (χ3v) is 3.42. The number of likely N-dealkylation sites (N-methyl/N-ethyl adjacent to an activating group) is 1. The summed E-state index contributed by atoms with van der Waals surface area (Å²) in [4.78, 5) is 11.6. The van der Waals surface area contributed by atoms with Gasteiger partial charge >= 0.3 is 5.97 Å². The van der Waals surface area contributed by atoms with Gasteiger partial charge in [0.05, 0.1) is 7.11 Å². The van der Waals surface area contributed by atoms with Crippen molar-refractivity contribution in [1.82, 2.24) is 5.32 Å². The van der Waals surface area contributed by atoms with Crippen LogP contribution in [0.4, 0.5) is 0 Å². The van der Waals surface area contributed by atoms with Gasteiger partial charge in [-0.15, -0.1) is 0 Å². The third kappa shape index (κ3) is 4.60. The minimum Gasteiger partial charge on any atom is -0.489 e. The van der Waals surface area contributed by atoms with Gasteiger partial charge in [0.15, 0.2) is 0 Å². The Hall–Kier alpha value is -2.33. The van der Waals surface area contributed by atoms with Gasteiger partial charge in [-0.1, -0.05) is 42.5 Å². The molecule has 0 radical (unpaired) electrons. The van der Waals surface area contributed by atoms with Crippen LogP contribution in [0.2, 0.25) is 0 Å². The van der Waals surface area contributed by atoms with E-state index in [0.717, 1.165) is 16.9 Å². The van der Waals surface area contributed by atoms with Crippen LogP contribution in [0.15, 0.2) is 54.6 Å². The van der Waals surface area contributed by atoms with Gasteiger partial charge in [0, 0.05) is 0 Å². The molecule has 0 bridgehead atoms. The molecule has 0 fully saturated rings. The van der Waals surface area contributed by atoms with E-state index < -0.39 is 0 Å². The zero-order valence-electron chi connectivity index (χ0n) is 12.9. The number of benzene rings is 2. The Labute approximate surface area is 131 Å². The molecular weight excluding hydrogens is 278 g/mol. The van der Waals surface area contributed by atoms with Crippen LogP contribution < -0.4 is 10.1 Å². The first-order valence-electron chi connectivity index (χ1n) is 7.23. The predicted octanol–water partition coefficient (Wildman–Crippen LogP) is 2.57. The second kappa shape index (κ2) is 8.20. The average Bonchev–Trinajstić information content (AvgIpc) is 2.58. The average molecular weight is 299 g/mol. The Balaban J connectivity index is 1.99. The van der Waals surface area contributed by atoms with Crippen LogP contribution in [0.25, 0.3) is 0 Å². The number of nitrogens with one attached hydrogen (secondary N) is 1. The number of methoxy groups -OCH3 is 1. The van der Waals surface area contributed by atoms with Gasteiger partial charge in [-0.25, -0.2) is 0 Å². The monoisotopic (exact) mass is 299 g/mol. The number of ether oxygens (including phenoxy) is 2. The molecule has 0 aliphatic rings. The summed E-state index contributed by atoms with van der Waals surface area (Å²) in [7, 11) is 3.14. The van der Waals surface area contributed by atoms with Crippen LogP contribution in [0, 0.1) is 0 Å². The molecular formula is C18H21NO3. The number of carbonyl (C=O) groups is 1. The smallest absolute Gasteiger partial charge is 0.323 e. The molecule has 0 heterocycles. The summed E-state index contributed by atoms with van der Waals surface area (Å²) in [5.74, 6) is 0.527. The van der Waals surface area contributed by atoms with Gasteiger partial charge in [0.2, 0.25) is 0 Å². The fourth-order valence-corrected chi connectivity index (χ4v) is 2.18. The minimum atomic E-state index is -0.352. The zero-order chi connectivity index (χ0) is 15.8. The molecule has 2 rings (SSSR count). The van der Waals surface area contributed by atoms with Crippen molar-refractivity contribution in [3.8, 4) is 5.75 Å². The van der Waals surface area contributed by atoms with E-state index in [4.69, 9.17) is 9.47 Å². The normalized spacial score (nSPS) is 11.7. The van der Waals surface area contributed by atoms with Gasteiger partial charge in [0.1, 0.15) is 18.4 Å². The SMILES string of the molecule is CNC(Cc1cccc(OCc2ccccc2)c1)C(=O)OC. The van der Waals surface area contributed by atoms with E-state index in [1.807, 2.05) is 54.6 Å². The third-order valence-electron chi connectivity index (χ3n) is 3.42. The summed E-state index contributed by atoms with van der Waals surface area (Å²) in [6.45, 7) is 0.525. The number of carbonyl (C=O) groups excluding carboxylic acids is 1. The van der Waals surface area contributed by atoms with E-state index in [-0.39, 0.29) is 12.0 Å². The maximum absolute atomic E-state index is 11.6. The molecule has 4 heteroatoms. The topological polar surface area (TPSA) is 47.6 Å². The standard InChI is InChI=1S/C18H21NO3/c1-19-17(18(20)21-2)12-15-9-6-10-16(11-15)22-13-14-7-4-3-5-8-14/h3-11,17,19H,12-13H2,1-2H3. The highest BCUT2D eigenvalue weighted by Crippen LogP contribution is 2.16. The van der Waals surface area contributed by atoms with Gasteiger partial charge in [0.25, 0.3) is 0 Å². The lowest BCUT2D eigenvalue weighted by Crippen LogP contribution is -2.36. The molecule has 0 spiro atoms. The van der Waals surface area contributed by atoms with Crippen LogP contribution in [0.1, 0.15) is 11.1 Å². The molecule has 1 unspecified atom stereocenters. The Morgan fingerprint density at radius 3 is 2.50 bits per heavy atom. The molecule has 0 aliphatic heterocycles. The first-order valence-corrected chi connectivity index (χ1v) is 7.23. The van der Waals surface area contributed by atoms with Crippen LogP contribution in [-0.2, 0) is 22.6 Å². The molecule has 22 heavy (non-hydrogen) atoms. The Morgan fingerprint density at radius 2 is 1.82 bits per heavy atom. The van der Waals surface area contributed by atoms with Gasteiger partial charge < -0.3 is 14.8 Å². The second-order valence-electron chi connectivity index (χ2n) is 4.99. The van der Waals surface area contributed by atoms with Crippen molar-refractivity contribution in [2.45, 2.75) is 19.1 Å². The molecule has 0 aliphatic carbocycles. The van der Waals surface area contributed by atoms with Gasteiger partial charge in [-0.3, -0.25) is 4.79 Å². The first-order chi connectivity index (χ1) is 10.7. The minimum absolute atomic E-state index is 0.266. The van der Waals surface area contributed by atoms with E-state index in [0.29, 0.717) is 13.0 Å². The van der Waals surface area contributed by atoms with Crippen molar-refractivity contribution in [3.63, 3.8) is 0 Å². The van der Waals surface area contributed by atoms with E-state index in [1.54, 1.807) is 7.05 Å². The summed E-state index contributed by atoms with van der Waals surface area (Å²) in [6.07, 6.45) is 0.561. The van der Waals surface area contributed by atoms with E-state index >= 15 is 0 Å². The fourth-order valence-electron chi connectivity index (χ4n) is 2.18. The quantitative estimate of drug-likeness (QED) is 0.798. The van der Waals surface area contributed by atoms with Crippen LogP contribution in [0.3, 0.4) is 0 Å². The van der Waals surface area contributed by atoms with Crippen molar-refractivity contribution < 1.29 is 14.3 Å².